The maximum Gasteiger partial charge on any atom is 0.342 e. The zero-order chi connectivity index (χ0) is 17.7. The molecule has 0 spiro atoms. The van der Waals surface area contributed by atoms with E-state index in [1.165, 1.54) is 6.20 Å². The van der Waals surface area contributed by atoms with Gasteiger partial charge in [-0.3, -0.25) is 0 Å². The van der Waals surface area contributed by atoms with Crippen LogP contribution in [0.5, 0.6) is 0 Å². The molecule has 0 aliphatic heterocycles. The summed E-state index contributed by atoms with van der Waals surface area (Å²) in [4.78, 5) is 29.7. The Balaban J connectivity index is 2.46. The third-order valence-corrected chi connectivity index (χ3v) is 3.65. The molecule has 2 aromatic rings. The van der Waals surface area contributed by atoms with Crippen molar-refractivity contribution in [2.75, 3.05) is 18.6 Å². The Morgan fingerprint density at radius 2 is 1.92 bits per heavy atom. The Hall–Kier alpha value is -2.89. The minimum Gasteiger partial charge on any atom is -0.478 e. The lowest BCUT2D eigenvalue weighted by Gasteiger charge is -2.22. The number of aromatic carboxylic acids is 1. The zero-order valence-corrected chi connectivity index (χ0v) is 13.9. The highest BCUT2D eigenvalue weighted by molar-refractivity contribution is 6.00. The number of esters is 1. The number of benzene rings is 1. The third kappa shape index (κ3) is 3.71. The second-order valence-electron chi connectivity index (χ2n) is 5.36. The van der Waals surface area contributed by atoms with Gasteiger partial charge in [-0.25, -0.2) is 14.6 Å². The second kappa shape index (κ2) is 7.59. The van der Waals surface area contributed by atoms with Crippen LogP contribution in [0.3, 0.4) is 0 Å². The first-order valence-electron chi connectivity index (χ1n) is 7.60. The molecule has 1 aromatic heterocycles. The number of hydrogen-bond donors (Lipinski definition) is 1. The van der Waals surface area contributed by atoms with Crippen molar-refractivity contribution in [3.63, 3.8) is 0 Å². The van der Waals surface area contributed by atoms with Crippen molar-refractivity contribution in [2.24, 2.45) is 0 Å². The van der Waals surface area contributed by atoms with Gasteiger partial charge in [0.15, 0.2) is 0 Å². The quantitative estimate of drug-likeness (QED) is 0.821. The van der Waals surface area contributed by atoms with E-state index in [9.17, 15) is 14.7 Å². The van der Waals surface area contributed by atoms with Crippen LogP contribution in [-0.4, -0.2) is 35.7 Å². The molecule has 0 saturated heterocycles. The minimum absolute atomic E-state index is 0.00471. The molecule has 0 radical (unpaired) electrons. The summed E-state index contributed by atoms with van der Waals surface area (Å²) in [5.41, 5.74) is 1.59. The molecule has 0 amide bonds. The Labute approximate surface area is 140 Å². The molecule has 126 valence electrons. The van der Waals surface area contributed by atoms with E-state index in [1.807, 2.05) is 30.3 Å². The summed E-state index contributed by atoms with van der Waals surface area (Å²) >= 11 is 0. The van der Waals surface area contributed by atoms with Gasteiger partial charge in [-0.1, -0.05) is 30.3 Å². The summed E-state index contributed by atoms with van der Waals surface area (Å²) < 4.78 is 5.09. The van der Waals surface area contributed by atoms with Crippen molar-refractivity contribution in [3.8, 4) is 0 Å². The van der Waals surface area contributed by atoms with Crippen molar-refractivity contribution in [3.05, 3.63) is 58.8 Å². The van der Waals surface area contributed by atoms with Gasteiger partial charge in [-0.15, -0.1) is 0 Å². The van der Waals surface area contributed by atoms with Gasteiger partial charge in [0.05, 0.1) is 12.2 Å². The van der Waals surface area contributed by atoms with Crippen molar-refractivity contribution in [1.82, 2.24) is 4.98 Å². The topological polar surface area (TPSA) is 79.7 Å². The van der Waals surface area contributed by atoms with E-state index in [4.69, 9.17) is 4.74 Å². The molecule has 0 bridgehead atoms. The van der Waals surface area contributed by atoms with E-state index < -0.39 is 11.9 Å². The number of nitrogens with zero attached hydrogens (tertiary/aromatic N) is 2. The molecule has 0 unspecified atom stereocenters. The number of carbonyl (C=O) groups is 2. The van der Waals surface area contributed by atoms with Crippen molar-refractivity contribution in [1.29, 1.82) is 0 Å². The Kier molecular flexibility index (Phi) is 5.52. The van der Waals surface area contributed by atoms with E-state index in [0.29, 0.717) is 17.9 Å². The third-order valence-electron chi connectivity index (χ3n) is 3.65. The molecule has 24 heavy (non-hydrogen) atoms. The van der Waals surface area contributed by atoms with Crippen LogP contribution in [0.25, 0.3) is 0 Å². The molecule has 1 heterocycles. The smallest absolute Gasteiger partial charge is 0.342 e. The van der Waals surface area contributed by atoms with Gasteiger partial charge < -0.3 is 14.7 Å². The molecule has 0 fully saturated rings. The summed E-state index contributed by atoms with van der Waals surface area (Å²) in [6, 6.07) is 9.74. The number of ether oxygens (including phenoxy) is 1. The number of aromatic nitrogens is 1. The van der Waals surface area contributed by atoms with Gasteiger partial charge in [0.2, 0.25) is 0 Å². The van der Waals surface area contributed by atoms with Crippen LogP contribution in [0.2, 0.25) is 0 Å². The number of hydrogen-bond acceptors (Lipinski definition) is 5. The molecule has 0 saturated carbocycles. The number of anilines is 1. The normalized spacial score (nSPS) is 10.3. The van der Waals surface area contributed by atoms with Crippen molar-refractivity contribution >= 4 is 17.8 Å². The summed E-state index contributed by atoms with van der Waals surface area (Å²) in [7, 11) is 1.80. The van der Waals surface area contributed by atoms with Crippen LogP contribution in [-0.2, 0) is 11.3 Å². The van der Waals surface area contributed by atoms with Gasteiger partial charge in [0.25, 0.3) is 0 Å². The predicted molar refractivity (Wildman–Crippen MR) is 90.4 cm³/mol. The second-order valence-corrected chi connectivity index (χ2v) is 5.36. The number of rotatable bonds is 6. The molecular weight excluding hydrogens is 308 g/mol. The lowest BCUT2D eigenvalue weighted by atomic mass is 10.0. The van der Waals surface area contributed by atoms with Crippen molar-refractivity contribution < 1.29 is 19.4 Å². The number of carbonyl (C=O) groups excluding carboxylic acids is 1. The molecule has 6 nitrogen and oxygen atoms in total. The molecule has 0 aliphatic carbocycles. The summed E-state index contributed by atoms with van der Waals surface area (Å²) in [5, 5.41) is 9.26. The van der Waals surface area contributed by atoms with E-state index >= 15 is 0 Å². The molecule has 0 aliphatic rings. The van der Waals surface area contributed by atoms with Crippen LogP contribution in [0, 0.1) is 6.92 Å². The van der Waals surface area contributed by atoms with Gasteiger partial charge in [0, 0.05) is 19.8 Å². The fourth-order valence-electron chi connectivity index (χ4n) is 2.47. The average Bonchev–Trinajstić information content (AvgIpc) is 2.55. The molecule has 1 aromatic carbocycles. The maximum absolute atomic E-state index is 12.3. The highest BCUT2D eigenvalue weighted by Gasteiger charge is 2.24. The first-order chi connectivity index (χ1) is 11.5. The average molecular weight is 328 g/mol. The highest BCUT2D eigenvalue weighted by atomic mass is 16.5. The van der Waals surface area contributed by atoms with Gasteiger partial charge in [-0.05, 0) is 25.0 Å². The first-order valence-corrected chi connectivity index (χ1v) is 7.60. The van der Waals surface area contributed by atoms with E-state index in [-0.39, 0.29) is 17.7 Å². The number of pyridine rings is 1. The van der Waals surface area contributed by atoms with E-state index in [2.05, 4.69) is 4.98 Å². The van der Waals surface area contributed by atoms with Crippen LogP contribution < -0.4 is 4.90 Å². The fourth-order valence-corrected chi connectivity index (χ4v) is 2.47. The van der Waals surface area contributed by atoms with Gasteiger partial charge in [-0.2, -0.15) is 0 Å². The van der Waals surface area contributed by atoms with Gasteiger partial charge in [0.1, 0.15) is 11.4 Å². The van der Waals surface area contributed by atoms with Gasteiger partial charge >= 0.3 is 11.9 Å². The molecule has 0 atom stereocenters. The predicted octanol–water partition coefficient (Wildman–Crippen LogP) is 2.90. The standard InChI is InChI=1S/C18H20N2O4/c1-4-24-18(23)15-12(2)14(17(21)22)10-19-16(15)20(3)11-13-8-6-5-7-9-13/h5-10H,4,11H2,1-3H3,(H,21,22). The summed E-state index contributed by atoms with van der Waals surface area (Å²) in [5.74, 6) is -1.29. The highest BCUT2D eigenvalue weighted by Crippen LogP contribution is 2.25. The zero-order valence-electron chi connectivity index (χ0n) is 13.9. The lowest BCUT2D eigenvalue weighted by Crippen LogP contribution is -2.23. The van der Waals surface area contributed by atoms with Crippen LogP contribution in [0.15, 0.2) is 36.5 Å². The minimum atomic E-state index is -1.12. The number of carboxylic acids is 1. The fraction of sp³-hybridized carbons (Fsp3) is 0.278. The van der Waals surface area contributed by atoms with Crippen LogP contribution >= 0.6 is 0 Å². The Morgan fingerprint density at radius 3 is 2.50 bits per heavy atom. The SMILES string of the molecule is CCOC(=O)c1c(N(C)Cc2ccccc2)ncc(C(=O)O)c1C. The van der Waals surface area contributed by atoms with E-state index in [0.717, 1.165) is 5.56 Å². The van der Waals surface area contributed by atoms with Crippen LogP contribution in [0.1, 0.15) is 38.8 Å². The number of carboxylic acid groups (broad SMARTS) is 1. The first kappa shape index (κ1) is 17.5. The monoisotopic (exact) mass is 328 g/mol. The van der Waals surface area contributed by atoms with E-state index in [1.54, 1.807) is 25.8 Å². The van der Waals surface area contributed by atoms with Crippen molar-refractivity contribution in [2.45, 2.75) is 20.4 Å². The molecular formula is C18H20N2O4. The molecule has 1 N–H and O–H groups in total. The largest absolute Gasteiger partial charge is 0.478 e. The Morgan fingerprint density at radius 1 is 1.25 bits per heavy atom. The maximum atomic E-state index is 12.3. The summed E-state index contributed by atoms with van der Waals surface area (Å²) in [6.45, 7) is 4.04. The van der Waals surface area contributed by atoms with Crippen LogP contribution in [0.4, 0.5) is 5.82 Å². The molecule has 2 rings (SSSR count). The molecule has 6 heteroatoms. The Bertz CT molecular complexity index is 744. The summed E-state index contributed by atoms with van der Waals surface area (Å²) in [6.07, 6.45) is 1.28. The lowest BCUT2D eigenvalue weighted by molar-refractivity contribution is 0.0526.